The molecule has 0 aliphatic rings. The van der Waals surface area contributed by atoms with E-state index in [0.29, 0.717) is 0 Å². The van der Waals surface area contributed by atoms with Gasteiger partial charge in [-0.25, -0.2) is 0 Å². The predicted molar refractivity (Wildman–Crippen MR) is 71.5 cm³/mol. The molecule has 5 nitrogen and oxygen atoms in total. The zero-order valence-corrected chi connectivity index (χ0v) is 11.5. The number of carboxylic acid groups (broad SMARTS) is 1. The SMILES string of the molecule is CC(CC(=O)O)CC(=O)N(C)C(C)c1ccncc1. The number of aliphatic carboxylic acids is 1. The van der Waals surface area contributed by atoms with Crippen molar-refractivity contribution >= 4 is 11.9 Å². The molecule has 104 valence electrons. The highest BCUT2D eigenvalue weighted by atomic mass is 16.4. The van der Waals surface area contributed by atoms with Crippen LogP contribution in [0.3, 0.4) is 0 Å². The number of carbonyl (C=O) groups is 2. The lowest BCUT2D eigenvalue weighted by atomic mass is 10.0. The summed E-state index contributed by atoms with van der Waals surface area (Å²) in [6.45, 7) is 3.71. The Labute approximate surface area is 113 Å². The molecule has 2 atom stereocenters. The van der Waals surface area contributed by atoms with Crippen molar-refractivity contribution in [3.8, 4) is 0 Å². The Hall–Kier alpha value is -1.91. The van der Waals surface area contributed by atoms with Gasteiger partial charge in [-0.15, -0.1) is 0 Å². The van der Waals surface area contributed by atoms with E-state index in [1.54, 1.807) is 31.3 Å². The first kappa shape index (κ1) is 15.1. The van der Waals surface area contributed by atoms with E-state index in [-0.39, 0.29) is 30.7 Å². The lowest BCUT2D eigenvalue weighted by Crippen LogP contribution is -2.31. The van der Waals surface area contributed by atoms with Gasteiger partial charge in [-0.2, -0.15) is 0 Å². The van der Waals surface area contributed by atoms with Crippen LogP contribution >= 0.6 is 0 Å². The summed E-state index contributed by atoms with van der Waals surface area (Å²) in [5.74, 6) is -1.07. The molecule has 0 fully saturated rings. The number of hydrogen-bond acceptors (Lipinski definition) is 3. The molecular weight excluding hydrogens is 244 g/mol. The maximum absolute atomic E-state index is 12.1. The van der Waals surface area contributed by atoms with Crippen molar-refractivity contribution in [2.24, 2.45) is 5.92 Å². The molecule has 0 saturated carbocycles. The van der Waals surface area contributed by atoms with Crippen molar-refractivity contribution in [2.75, 3.05) is 7.05 Å². The molecule has 5 heteroatoms. The summed E-state index contributed by atoms with van der Waals surface area (Å²) >= 11 is 0. The van der Waals surface area contributed by atoms with Crippen LogP contribution < -0.4 is 0 Å². The fourth-order valence-corrected chi connectivity index (χ4v) is 1.89. The molecule has 0 bridgehead atoms. The van der Waals surface area contributed by atoms with Gasteiger partial charge in [0, 0.05) is 32.3 Å². The van der Waals surface area contributed by atoms with Crippen molar-refractivity contribution in [2.45, 2.75) is 32.7 Å². The van der Waals surface area contributed by atoms with Crippen LogP contribution in [-0.2, 0) is 9.59 Å². The second-order valence-corrected chi connectivity index (χ2v) is 4.87. The van der Waals surface area contributed by atoms with Crippen LogP contribution in [0.5, 0.6) is 0 Å². The van der Waals surface area contributed by atoms with E-state index in [4.69, 9.17) is 5.11 Å². The molecule has 0 saturated heterocycles. The van der Waals surface area contributed by atoms with Gasteiger partial charge in [-0.1, -0.05) is 6.92 Å². The minimum Gasteiger partial charge on any atom is -0.481 e. The molecule has 1 N–H and O–H groups in total. The van der Waals surface area contributed by atoms with E-state index in [1.807, 2.05) is 19.1 Å². The summed E-state index contributed by atoms with van der Waals surface area (Å²) in [6, 6.07) is 3.69. The van der Waals surface area contributed by atoms with Crippen molar-refractivity contribution in [3.63, 3.8) is 0 Å². The van der Waals surface area contributed by atoms with Crippen LogP contribution in [0, 0.1) is 5.92 Å². The molecule has 1 rings (SSSR count). The number of rotatable bonds is 6. The molecule has 0 aliphatic heterocycles. The third-order valence-electron chi connectivity index (χ3n) is 3.21. The lowest BCUT2D eigenvalue weighted by Gasteiger charge is -2.26. The number of hydrogen-bond donors (Lipinski definition) is 1. The average molecular weight is 264 g/mol. The van der Waals surface area contributed by atoms with E-state index in [9.17, 15) is 9.59 Å². The zero-order chi connectivity index (χ0) is 14.4. The van der Waals surface area contributed by atoms with Gasteiger partial charge in [0.05, 0.1) is 6.04 Å². The lowest BCUT2D eigenvalue weighted by molar-refractivity contribution is -0.138. The summed E-state index contributed by atoms with van der Waals surface area (Å²) in [5, 5.41) is 8.69. The quantitative estimate of drug-likeness (QED) is 0.854. The topological polar surface area (TPSA) is 70.5 Å². The van der Waals surface area contributed by atoms with Gasteiger partial charge in [-0.3, -0.25) is 14.6 Å². The Morgan fingerprint density at radius 2 is 1.84 bits per heavy atom. The highest BCUT2D eigenvalue weighted by molar-refractivity contribution is 5.77. The summed E-state index contributed by atoms with van der Waals surface area (Å²) in [5.41, 5.74) is 1.01. The molecule has 0 aliphatic carbocycles. The number of carboxylic acids is 1. The largest absolute Gasteiger partial charge is 0.481 e. The van der Waals surface area contributed by atoms with Gasteiger partial charge in [0.2, 0.25) is 5.91 Å². The first-order chi connectivity index (χ1) is 8.91. The maximum Gasteiger partial charge on any atom is 0.303 e. The Morgan fingerprint density at radius 1 is 1.26 bits per heavy atom. The molecule has 1 amide bonds. The summed E-state index contributed by atoms with van der Waals surface area (Å²) < 4.78 is 0. The third-order valence-corrected chi connectivity index (χ3v) is 3.21. The van der Waals surface area contributed by atoms with Crippen LogP contribution in [0.4, 0.5) is 0 Å². The van der Waals surface area contributed by atoms with Crippen molar-refractivity contribution in [3.05, 3.63) is 30.1 Å². The van der Waals surface area contributed by atoms with E-state index >= 15 is 0 Å². The maximum atomic E-state index is 12.1. The molecular formula is C14H20N2O3. The van der Waals surface area contributed by atoms with Crippen molar-refractivity contribution in [1.82, 2.24) is 9.88 Å². The van der Waals surface area contributed by atoms with E-state index in [0.717, 1.165) is 5.56 Å². The van der Waals surface area contributed by atoms with Crippen LogP contribution in [0.25, 0.3) is 0 Å². The molecule has 0 radical (unpaired) electrons. The second kappa shape index (κ2) is 6.87. The average Bonchev–Trinajstić information content (AvgIpc) is 2.36. The first-order valence-corrected chi connectivity index (χ1v) is 6.29. The van der Waals surface area contributed by atoms with E-state index in [2.05, 4.69) is 4.98 Å². The van der Waals surface area contributed by atoms with Crippen LogP contribution in [0.2, 0.25) is 0 Å². The van der Waals surface area contributed by atoms with Gasteiger partial charge in [-0.05, 0) is 30.5 Å². The Balaban J connectivity index is 2.59. The van der Waals surface area contributed by atoms with Gasteiger partial charge >= 0.3 is 5.97 Å². The smallest absolute Gasteiger partial charge is 0.303 e. The molecule has 1 heterocycles. The number of nitrogens with zero attached hydrogens (tertiary/aromatic N) is 2. The molecule has 19 heavy (non-hydrogen) atoms. The Kier molecular flexibility index (Phi) is 5.48. The number of pyridine rings is 1. The fraction of sp³-hybridized carbons (Fsp3) is 0.500. The molecule has 0 aromatic carbocycles. The monoisotopic (exact) mass is 264 g/mol. The van der Waals surface area contributed by atoms with Crippen molar-refractivity contribution < 1.29 is 14.7 Å². The van der Waals surface area contributed by atoms with Crippen LogP contribution in [-0.4, -0.2) is 33.9 Å². The highest BCUT2D eigenvalue weighted by Gasteiger charge is 2.20. The molecule has 1 aromatic heterocycles. The molecule has 2 unspecified atom stereocenters. The second-order valence-electron chi connectivity index (χ2n) is 4.87. The standard InChI is InChI=1S/C14H20N2O3/c1-10(9-14(18)19)8-13(17)16(3)11(2)12-4-6-15-7-5-12/h4-7,10-11H,8-9H2,1-3H3,(H,18,19). The minimum atomic E-state index is -0.870. The van der Waals surface area contributed by atoms with Gasteiger partial charge < -0.3 is 10.0 Å². The van der Waals surface area contributed by atoms with Gasteiger partial charge in [0.1, 0.15) is 0 Å². The predicted octanol–water partition coefficient (Wildman–Crippen LogP) is 2.10. The van der Waals surface area contributed by atoms with Crippen LogP contribution in [0.15, 0.2) is 24.5 Å². The zero-order valence-electron chi connectivity index (χ0n) is 11.5. The number of amides is 1. The summed E-state index contributed by atoms with van der Waals surface area (Å²) in [6.07, 6.45) is 3.65. The molecule has 1 aromatic rings. The number of aromatic nitrogens is 1. The normalized spacial score (nSPS) is 13.6. The fourth-order valence-electron chi connectivity index (χ4n) is 1.89. The van der Waals surface area contributed by atoms with E-state index < -0.39 is 5.97 Å². The van der Waals surface area contributed by atoms with Crippen LogP contribution in [0.1, 0.15) is 38.3 Å². The highest BCUT2D eigenvalue weighted by Crippen LogP contribution is 2.20. The Bertz CT molecular complexity index is 434. The molecule has 0 spiro atoms. The third kappa shape index (κ3) is 4.69. The van der Waals surface area contributed by atoms with Gasteiger partial charge in [0.15, 0.2) is 0 Å². The van der Waals surface area contributed by atoms with Gasteiger partial charge in [0.25, 0.3) is 0 Å². The number of carbonyl (C=O) groups excluding carboxylic acids is 1. The van der Waals surface area contributed by atoms with Crippen molar-refractivity contribution in [1.29, 1.82) is 0 Å². The minimum absolute atomic E-state index is 0.0171. The Morgan fingerprint density at radius 3 is 2.37 bits per heavy atom. The summed E-state index contributed by atoms with van der Waals surface area (Å²) in [7, 11) is 1.74. The van der Waals surface area contributed by atoms with E-state index in [1.165, 1.54) is 0 Å². The summed E-state index contributed by atoms with van der Waals surface area (Å²) in [4.78, 5) is 28.2. The first-order valence-electron chi connectivity index (χ1n) is 6.29.